The summed E-state index contributed by atoms with van der Waals surface area (Å²) in [5, 5.41) is 13.7. The molecule has 1 aliphatic heterocycles. The fourth-order valence-corrected chi connectivity index (χ4v) is 2.79. The Kier molecular flexibility index (Phi) is 7.80. The fourth-order valence-electron chi connectivity index (χ4n) is 2.79. The van der Waals surface area contributed by atoms with Crippen LogP contribution in [0.5, 0.6) is 0 Å². The Bertz CT molecular complexity index is 514. The van der Waals surface area contributed by atoms with E-state index in [2.05, 4.69) is 36.0 Å². The first-order valence-corrected chi connectivity index (χ1v) is 8.19. The Labute approximate surface area is 157 Å². The normalized spacial score (nSPS) is 18.5. The summed E-state index contributed by atoms with van der Waals surface area (Å²) in [6.45, 7) is 12.0. The van der Waals surface area contributed by atoms with Gasteiger partial charge in [-0.2, -0.15) is 0 Å². The Morgan fingerprint density at radius 3 is 2.52 bits per heavy atom. The van der Waals surface area contributed by atoms with Crippen molar-refractivity contribution in [2.75, 3.05) is 26.2 Å². The van der Waals surface area contributed by atoms with E-state index in [-0.39, 0.29) is 24.0 Å². The molecule has 2 rings (SSSR count). The van der Waals surface area contributed by atoms with Crippen LogP contribution >= 0.6 is 24.0 Å². The Balaban J connectivity index is 0.00000264. The molecule has 0 radical (unpaired) electrons. The number of benzene rings is 1. The van der Waals surface area contributed by atoms with E-state index in [1.807, 2.05) is 31.2 Å². The highest BCUT2D eigenvalue weighted by Gasteiger charge is 2.30. The molecule has 0 saturated carbocycles. The minimum Gasteiger partial charge on any atom is -0.386 e. The van der Waals surface area contributed by atoms with Crippen LogP contribution in [0, 0.1) is 12.3 Å². The molecule has 1 saturated heterocycles. The van der Waals surface area contributed by atoms with Gasteiger partial charge < -0.3 is 15.3 Å². The quantitative estimate of drug-likeness (QED) is 0.437. The van der Waals surface area contributed by atoms with Gasteiger partial charge in [-0.25, -0.2) is 0 Å². The van der Waals surface area contributed by atoms with Crippen LogP contribution in [0.25, 0.3) is 0 Å². The van der Waals surface area contributed by atoms with E-state index in [0.29, 0.717) is 12.0 Å². The molecule has 0 aliphatic carbocycles. The van der Waals surface area contributed by atoms with Gasteiger partial charge in [0.2, 0.25) is 0 Å². The topological polar surface area (TPSA) is 47.9 Å². The molecule has 1 unspecified atom stereocenters. The maximum atomic E-state index is 10.3. The summed E-state index contributed by atoms with van der Waals surface area (Å²) in [6.07, 6.45) is 0.627. The average Bonchev–Trinajstić information content (AvgIpc) is 2.84. The molecule has 5 heteroatoms. The maximum absolute atomic E-state index is 10.3. The summed E-state index contributed by atoms with van der Waals surface area (Å²) >= 11 is 0. The minimum atomic E-state index is -0.551. The molecular formula is C18H30IN3O. The van der Waals surface area contributed by atoms with Crippen LogP contribution < -0.4 is 5.32 Å². The number of nitrogens with one attached hydrogen (secondary N) is 1. The molecule has 4 nitrogen and oxygen atoms in total. The number of aryl methyl sites for hydroxylation is 1. The van der Waals surface area contributed by atoms with Crippen molar-refractivity contribution in [3.05, 3.63) is 35.4 Å². The summed E-state index contributed by atoms with van der Waals surface area (Å²) in [4.78, 5) is 6.94. The molecule has 1 aromatic carbocycles. The van der Waals surface area contributed by atoms with E-state index in [1.54, 1.807) is 0 Å². The van der Waals surface area contributed by atoms with Gasteiger partial charge in [0.05, 0.1) is 12.6 Å². The molecule has 1 aromatic rings. The summed E-state index contributed by atoms with van der Waals surface area (Å²) < 4.78 is 0. The molecule has 1 heterocycles. The van der Waals surface area contributed by atoms with Crippen molar-refractivity contribution < 1.29 is 5.11 Å². The Morgan fingerprint density at radius 2 is 2.00 bits per heavy atom. The second-order valence-electron chi connectivity index (χ2n) is 6.96. The van der Waals surface area contributed by atoms with Gasteiger partial charge in [0.25, 0.3) is 0 Å². The van der Waals surface area contributed by atoms with E-state index < -0.39 is 6.10 Å². The summed E-state index contributed by atoms with van der Waals surface area (Å²) in [5.41, 5.74) is 2.46. The lowest BCUT2D eigenvalue weighted by Gasteiger charge is -2.24. The smallest absolute Gasteiger partial charge is 0.194 e. The zero-order valence-corrected chi connectivity index (χ0v) is 17.0. The van der Waals surface area contributed by atoms with Gasteiger partial charge in [-0.05, 0) is 31.2 Å². The lowest BCUT2D eigenvalue weighted by atomic mass is 9.93. The molecule has 0 amide bonds. The van der Waals surface area contributed by atoms with Crippen molar-refractivity contribution in [3.63, 3.8) is 0 Å². The van der Waals surface area contributed by atoms with Crippen molar-refractivity contribution in [1.82, 2.24) is 10.2 Å². The van der Waals surface area contributed by atoms with E-state index in [0.717, 1.165) is 31.2 Å². The van der Waals surface area contributed by atoms with Crippen LogP contribution in [-0.4, -0.2) is 42.1 Å². The van der Waals surface area contributed by atoms with E-state index >= 15 is 0 Å². The molecule has 1 aliphatic rings. The molecule has 1 atom stereocenters. The first-order valence-electron chi connectivity index (χ1n) is 8.19. The lowest BCUT2D eigenvalue weighted by Crippen LogP contribution is -2.41. The number of hydrogen-bond donors (Lipinski definition) is 2. The highest BCUT2D eigenvalue weighted by molar-refractivity contribution is 14.0. The van der Waals surface area contributed by atoms with Gasteiger partial charge in [0, 0.05) is 19.6 Å². The number of hydrogen-bond acceptors (Lipinski definition) is 2. The molecule has 1 fully saturated rings. The van der Waals surface area contributed by atoms with Crippen LogP contribution in [-0.2, 0) is 0 Å². The second-order valence-corrected chi connectivity index (χ2v) is 6.96. The Morgan fingerprint density at radius 1 is 1.35 bits per heavy atom. The van der Waals surface area contributed by atoms with E-state index in [4.69, 9.17) is 0 Å². The first kappa shape index (κ1) is 20.2. The standard InChI is InChI=1S/C18H29N3O.HI/c1-5-19-17(21-11-10-18(3,4)13-21)20-12-16(22)15-8-6-14(2)7-9-15;/h6-9,16,22H,5,10-13H2,1-4H3,(H,19,20);1H. The second kappa shape index (κ2) is 8.87. The molecule has 0 spiro atoms. The van der Waals surface area contributed by atoms with Crippen LogP contribution in [0.3, 0.4) is 0 Å². The van der Waals surface area contributed by atoms with Crippen molar-refractivity contribution in [2.45, 2.75) is 40.2 Å². The largest absolute Gasteiger partial charge is 0.386 e. The van der Waals surface area contributed by atoms with Crippen LogP contribution in [0.1, 0.15) is 44.4 Å². The van der Waals surface area contributed by atoms with E-state index in [9.17, 15) is 5.11 Å². The number of nitrogens with zero attached hydrogens (tertiary/aromatic N) is 2. The molecule has 23 heavy (non-hydrogen) atoms. The molecule has 2 N–H and O–H groups in total. The SMILES string of the molecule is CCNC(=NCC(O)c1ccc(C)cc1)N1CCC(C)(C)C1.I. The lowest BCUT2D eigenvalue weighted by molar-refractivity contribution is 0.186. The summed E-state index contributed by atoms with van der Waals surface area (Å²) in [5.74, 6) is 0.916. The monoisotopic (exact) mass is 431 g/mol. The predicted octanol–water partition coefficient (Wildman–Crippen LogP) is 3.34. The summed E-state index contributed by atoms with van der Waals surface area (Å²) in [7, 11) is 0. The third kappa shape index (κ3) is 5.95. The summed E-state index contributed by atoms with van der Waals surface area (Å²) in [6, 6.07) is 8.00. The predicted molar refractivity (Wildman–Crippen MR) is 108 cm³/mol. The van der Waals surface area contributed by atoms with E-state index in [1.165, 1.54) is 12.0 Å². The van der Waals surface area contributed by atoms with Gasteiger partial charge in [0.1, 0.15) is 0 Å². The zero-order chi connectivity index (χ0) is 16.2. The number of halogens is 1. The van der Waals surface area contributed by atoms with Crippen LogP contribution in [0.4, 0.5) is 0 Å². The van der Waals surface area contributed by atoms with Crippen molar-refractivity contribution in [3.8, 4) is 0 Å². The van der Waals surface area contributed by atoms with Gasteiger partial charge in [-0.3, -0.25) is 4.99 Å². The number of aliphatic imine (C=N–C) groups is 1. The highest BCUT2D eigenvalue weighted by atomic mass is 127. The van der Waals surface area contributed by atoms with Gasteiger partial charge in [-0.1, -0.05) is 43.7 Å². The highest BCUT2D eigenvalue weighted by Crippen LogP contribution is 2.28. The average molecular weight is 431 g/mol. The fraction of sp³-hybridized carbons (Fsp3) is 0.611. The number of rotatable bonds is 4. The third-order valence-electron chi connectivity index (χ3n) is 4.19. The number of guanidine groups is 1. The van der Waals surface area contributed by atoms with Crippen molar-refractivity contribution >= 4 is 29.9 Å². The van der Waals surface area contributed by atoms with Crippen molar-refractivity contribution in [1.29, 1.82) is 0 Å². The van der Waals surface area contributed by atoms with Crippen LogP contribution in [0.15, 0.2) is 29.3 Å². The minimum absolute atomic E-state index is 0. The third-order valence-corrected chi connectivity index (χ3v) is 4.19. The van der Waals surface area contributed by atoms with Gasteiger partial charge in [0.15, 0.2) is 5.96 Å². The molecule has 0 bridgehead atoms. The van der Waals surface area contributed by atoms with Crippen LogP contribution in [0.2, 0.25) is 0 Å². The molecule has 0 aromatic heterocycles. The number of likely N-dealkylation sites (tertiary alicyclic amines) is 1. The van der Waals surface area contributed by atoms with Gasteiger partial charge in [-0.15, -0.1) is 24.0 Å². The zero-order valence-electron chi connectivity index (χ0n) is 14.7. The number of aliphatic hydroxyl groups is 1. The number of aliphatic hydroxyl groups excluding tert-OH is 1. The first-order chi connectivity index (χ1) is 10.4. The van der Waals surface area contributed by atoms with Crippen molar-refractivity contribution in [2.24, 2.45) is 10.4 Å². The maximum Gasteiger partial charge on any atom is 0.194 e. The van der Waals surface area contributed by atoms with Gasteiger partial charge >= 0.3 is 0 Å². The Hall–Kier alpha value is -0.820. The molecule has 130 valence electrons. The molecular weight excluding hydrogens is 401 g/mol.